The van der Waals surface area contributed by atoms with E-state index in [1.807, 2.05) is 26.0 Å². The van der Waals surface area contributed by atoms with Crippen LogP contribution >= 0.6 is 46.6 Å². The summed E-state index contributed by atoms with van der Waals surface area (Å²) in [5, 5.41) is 9.24. The molecule has 1 unspecified atom stereocenters. The van der Waals surface area contributed by atoms with Crippen molar-refractivity contribution in [3.05, 3.63) is 128 Å². The molecule has 4 aromatic rings. The van der Waals surface area contributed by atoms with Gasteiger partial charge in [0.15, 0.2) is 0 Å². The Kier molecular flexibility index (Phi) is 11.3. The van der Waals surface area contributed by atoms with E-state index in [-0.39, 0.29) is 16.6 Å². The molecule has 0 aliphatic carbocycles. The number of thioether (sulfide) groups is 1. The van der Waals surface area contributed by atoms with Crippen molar-refractivity contribution in [1.29, 1.82) is 0 Å². The van der Waals surface area contributed by atoms with Crippen LogP contribution in [-0.4, -0.2) is 23.0 Å². The highest BCUT2D eigenvalue weighted by molar-refractivity contribution is 8.00. The second-order valence-electron chi connectivity index (χ2n) is 9.42. The van der Waals surface area contributed by atoms with Crippen LogP contribution in [0, 0.1) is 6.92 Å². The SMILES string of the molecule is CCC(Sc1cccc(NC(=O)/C(=C\c2cccc(Cl)c2Cl)NC(=O)c2ccccc2)c1)C(=O)Nc1cccc(Cl)c1C. The summed E-state index contributed by atoms with van der Waals surface area (Å²) >= 11 is 20.1. The fourth-order valence-electron chi connectivity index (χ4n) is 4.02. The van der Waals surface area contributed by atoms with Crippen molar-refractivity contribution in [3.63, 3.8) is 0 Å². The van der Waals surface area contributed by atoms with E-state index in [2.05, 4.69) is 16.0 Å². The van der Waals surface area contributed by atoms with Gasteiger partial charge in [0, 0.05) is 26.9 Å². The summed E-state index contributed by atoms with van der Waals surface area (Å²) in [6.07, 6.45) is 2.05. The Morgan fingerprint density at radius 3 is 2.28 bits per heavy atom. The van der Waals surface area contributed by atoms with E-state index in [1.54, 1.807) is 78.9 Å². The molecule has 1 atom stereocenters. The fourth-order valence-corrected chi connectivity index (χ4v) is 5.57. The van der Waals surface area contributed by atoms with Gasteiger partial charge in [-0.25, -0.2) is 0 Å². The summed E-state index contributed by atoms with van der Waals surface area (Å²) < 4.78 is 0. The van der Waals surface area contributed by atoms with Gasteiger partial charge in [-0.05, 0) is 79.1 Å². The number of amides is 3. The van der Waals surface area contributed by atoms with Crippen LogP contribution in [0.2, 0.25) is 15.1 Å². The molecule has 0 bridgehead atoms. The molecule has 0 saturated carbocycles. The van der Waals surface area contributed by atoms with Crippen LogP contribution in [0.15, 0.2) is 102 Å². The molecule has 0 aromatic heterocycles. The molecule has 0 fully saturated rings. The molecule has 10 heteroatoms. The highest BCUT2D eigenvalue weighted by Gasteiger charge is 2.20. The number of nitrogens with one attached hydrogen (secondary N) is 3. The molecule has 0 radical (unpaired) electrons. The van der Waals surface area contributed by atoms with Crippen LogP contribution in [0.25, 0.3) is 6.08 Å². The first kappa shape index (κ1) is 32.2. The number of hydrogen-bond acceptors (Lipinski definition) is 4. The Hall–Kier alpha value is -3.75. The molecule has 3 N–H and O–H groups in total. The Labute approximate surface area is 269 Å². The number of benzene rings is 4. The number of carbonyl (C=O) groups excluding carboxylic acids is 3. The van der Waals surface area contributed by atoms with Crippen LogP contribution in [0.1, 0.15) is 34.8 Å². The van der Waals surface area contributed by atoms with Crippen LogP contribution in [0.5, 0.6) is 0 Å². The maximum atomic E-state index is 13.5. The molecule has 4 aromatic carbocycles. The zero-order chi connectivity index (χ0) is 30.9. The third-order valence-corrected chi connectivity index (χ3v) is 8.97. The summed E-state index contributed by atoms with van der Waals surface area (Å²) in [4.78, 5) is 40.3. The molecule has 0 heterocycles. The Bertz CT molecular complexity index is 1680. The lowest BCUT2D eigenvalue weighted by molar-refractivity contribution is -0.116. The standard InChI is InChI=1S/C33H28Cl3N3O3S/c1-3-29(33(42)38-27-17-9-15-25(34)20(27)2)43-24-14-8-13-23(19-24)37-32(41)28(18-22-12-7-16-26(35)30(22)36)39-31(40)21-10-5-4-6-11-21/h4-19,29H,3H2,1-2H3,(H,37,41)(H,38,42)(H,39,40)/b28-18+. The zero-order valence-corrected chi connectivity index (χ0v) is 26.4. The zero-order valence-electron chi connectivity index (χ0n) is 23.3. The molecule has 0 spiro atoms. The molecule has 0 aliphatic heterocycles. The second-order valence-corrected chi connectivity index (χ2v) is 11.9. The van der Waals surface area contributed by atoms with Crippen molar-refractivity contribution in [3.8, 4) is 0 Å². The van der Waals surface area contributed by atoms with Gasteiger partial charge in [-0.2, -0.15) is 0 Å². The van der Waals surface area contributed by atoms with Gasteiger partial charge in [0.25, 0.3) is 11.8 Å². The van der Waals surface area contributed by atoms with E-state index in [1.165, 1.54) is 17.8 Å². The first-order chi connectivity index (χ1) is 20.7. The number of carbonyl (C=O) groups is 3. The van der Waals surface area contributed by atoms with E-state index >= 15 is 0 Å². The molecular formula is C33H28Cl3N3O3S. The number of hydrogen-bond donors (Lipinski definition) is 3. The van der Waals surface area contributed by atoms with Crippen LogP contribution in [0.3, 0.4) is 0 Å². The predicted octanol–water partition coefficient (Wildman–Crippen LogP) is 8.87. The van der Waals surface area contributed by atoms with E-state index in [0.29, 0.717) is 39.0 Å². The lowest BCUT2D eigenvalue weighted by Crippen LogP contribution is -2.30. The van der Waals surface area contributed by atoms with E-state index in [0.717, 1.165) is 10.5 Å². The summed E-state index contributed by atoms with van der Waals surface area (Å²) in [6, 6.07) is 26.1. The van der Waals surface area contributed by atoms with Crippen molar-refractivity contribution in [2.24, 2.45) is 0 Å². The fraction of sp³-hybridized carbons (Fsp3) is 0.121. The van der Waals surface area contributed by atoms with Crippen LogP contribution < -0.4 is 16.0 Å². The quantitative estimate of drug-likeness (QED) is 0.118. The monoisotopic (exact) mass is 651 g/mol. The van der Waals surface area contributed by atoms with Gasteiger partial charge in [0.05, 0.1) is 15.3 Å². The highest BCUT2D eigenvalue weighted by Crippen LogP contribution is 2.31. The average Bonchev–Trinajstić information content (AvgIpc) is 3.00. The van der Waals surface area contributed by atoms with Crippen molar-refractivity contribution < 1.29 is 14.4 Å². The van der Waals surface area contributed by atoms with Gasteiger partial charge < -0.3 is 16.0 Å². The largest absolute Gasteiger partial charge is 0.325 e. The van der Waals surface area contributed by atoms with Gasteiger partial charge in [-0.1, -0.05) is 84.2 Å². The van der Waals surface area contributed by atoms with Gasteiger partial charge in [0.1, 0.15) is 5.70 Å². The smallest absolute Gasteiger partial charge is 0.272 e. The topological polar surface area (TPSA) is 87.3 Å². The lowest BCUT2D eigenvalue weighted by Gasteiger charge is -2.17. The Balaban J connectivity index is 1.53. The molecule has 6 nitrogen and oxygen atoms in total. The summed E-state index contributed by atoms with van der Waals surface area (Å²) in [5.74, 6) is -1.18. The summed E-state index contributed by atoms with van der Waals surface area (Å²) in [7, 11) is 0. The normalized spacial score (nSPS) is 11.9. The van der Waals surface area contributed by atoms with Crippen LogP contribution in [-0.2, 0) is 9.59 Å². The predicted molar refractivity (Wildman–Crippen MR) is 178 cm³/mol. The van der Waals surface area contributed by atoms with Gasteiger partial charge >= 0.3 is 0 Å². The Morgan fingerprint density at radius 2 is 1.53 bits per heavy atom. The van der Waals surface area contributed by atoms with Crippen molar-refractivity contribution >= 4 is 81.7 Å². The van der Waals surface area contributed by atoms with Crippen molar-refractivity contribution in [2.45, 2.75) is 30.4 Å². The summed E-state index contributed by atoms with van der Waals surface area (Å²) in [6.45, 7) is 3.78. The van der Waals surface area contributed by atoms with E-state index in [4.69, 9.17) is 34.8 Å². The van der Waals surface area contributed by atoms with Crippen LogP contribution in [0.4, 0.5) is 11.4 Å². The molecule has 43 heavy (non-hydrogen) atoms. The average molecular weight is 653 g/mol. The van der Waals surface area contributed by atoms with Gasteiger partial charge in [-0.3, -0.25) is 14.4 Å². The molecule has 3 amide bonds. The molecular weight excluding hydrogens is 625 g/mol. The summed E-state index contributed by atoms with van der Waals surface area (Å²) in [5.41, 5.74) is 2.75. The van der Waals surface area contributed by atoms with E-state index in [9.17, 15) is 14.4 Å². The number of anilines is 2. The third-order valence-electron chi connectivity index (χ3n) is 6.37. The molecule has 4 rings (SSSR count). The maximum absolute atomic E-state index is 13.5. The number of rotatable bonds is 10. The minimum absolute atomic E-state index is 0.0289. The first-order valence-electron chi connectivity index (χ1n) is 13.3. The first-order valence-corrected chi connectivity index (χ1v) is 15.3. The Morgan fingerprint density at radius 1 is 0.837 bits per heavy atom. The van der Waals surface area contributed by atoms with Crippen molar-refractivity contribution in [1.82, 2.24) is 5.32 Å². The second kappa shape index (κ2) is 15.1. The lowest BCUT2D eigenvalue weighted by atomic mass is 10.1. The molecule has 0 saturated heterocycles. The maximum Gasteiger partial charge on any atom is 0.272 e. The van der Waals surface area contributed by atoms with Gasteiger partial charge in [-0.15, -0.1) is 11.8 Å². The molecule has 220 valence electrons. The van der Waals surface area contributed by atoms with Crippen molar-refractivity contribution in [2.75, 3.05) is 10.6 Å². The minimum atomic E-state index is -0.566. The molecule has 0 aliphatic rings. The highest BCUT2D eigenvalue weighted by atomic mass is 35.5. The van der Waals surface area contributed by atoms with Gasteiger partial charge in [0.2, 0.25) is 5.91 Å². The minimum Gasteiger partial charge on any atom is -0.325 e. The number of halogens is 3. The van der Waals surface area contributed by atoms with E-state index < -0.39 is 17.1 Å². The third kappa shape index (κ3) is 8.65.